The third-order valence-corrected chi connectivity index (χ3v) is 2.78. The Balaban J connectivity index is 2.21. The van der Waals surface area contributed by atoms with Crippen molar-refractivity contribution in [2.24, 2.45) is 5.92 Å². The lowest BCUT2D eigenvalue weighted by molar-refractivity contribution is -0.120. The third kappa shape index (κ3) is 1.07. The minimum atomic E-state index is 0.183. The molecule has 2 atom stereocenters. The van der Waals surface area contributed by atoms with E-state index in [0.29, 0.717) is 11.7 Å². The highest BCUT2D eigenvalue weighted by molar-refractivity contribution is 5.84. The fraction of sp³-hybridized carbons (Fsp3) is 0.500. The molecule has 0 aromatic carbocycles. The Morgan fingerprint density at radius 2 is 2.42 bits per heavy atom. The van der Waals surface area contributed by atoms with Gasteiger partial charge in [-0.2, -0.15) is 0 Å². The summed E-state index contributed by atoms with van der Waals surface area (Å²) in [6.45, 7) is 2.01. The van der Waals surface area contributed by atoms with Crippen molar-refractivity contribution in [3.63, 3.8) is 0 Å². The van der Waals surface area contributed by atoms with E-state index < -0.39 is 0 Å². The zero-order valence-electron chi connectivity index (χ0n) is 7.12. The Labute approximate surface area is 71.6 Å². The molecule has 2 nitrogen and oxygen atoms in total. The number of carbonyl (C=O) groups is 1. The van der Waals surface area contributed by atoms with Gasteiger partial charge in [0, 0.05) is 12.3 Å². The van der Waals surface area contributed by atoms with Crippen LogP contribution >= 0.6 is 0 Å². The van der Waals surface area contributed by atoms with E-state index in [1.54, 1.807) is 12.5 Å². The second kappa shape index (κ2) is 2.77. The van der Waals surface area contributed by atoms with Crippen molar-refractivity contribution in [2.45, 2.75) is 25.7 Å². The van der Waals surface area contributed by atoms with Crippen molar-refractivity contribution in [2.75, 3.05) is 0 Å². The van der Waals surface area contributed by atoms with Gasteiger partial charge in [-0.3, -0.25) is 4.79 Å². The number of furan rings is 1. The molecule has 12 heavy (non-hydrogen) atoms. The monoisotopic (exact) mass is 164 g/mol. The molecule has 2 unspecified atom stereocenters. The molecule has 0 saturated heterocycles. The maximum atomic E-state index is 11.2. The van der Waals surface area contributed by atoms with Crippen LogP contribution in [0.2, 0.25) is 0 Å². The molecule has 1 aliphatic carbocycles. The first kappa shape index (κ1) is 7.59. The Kier molecular flexibility index (Phi) is 1.75. The Hall–Kier alpha value is -1.05. The molecule has 0 radical (unpaired) electrons. The first-order chi connectivity index (χ1) is 5.79. The van der Waals surface area contributed by atoms with Crippen LogP contribution in [0, 0.1) is 5.92 Å². The highest BCUT2D eigenvalue weighted by Crippen LogP contribution is 2.36. The predicted octanol–water partition coefficient (Wildman–Crippen LogP) is 2.36. The van der Waals surface area contributed by atoms with Crippen LogP contribution in [0.1, 0.15) is 31.2 Å². The van der Waals surface area contributed by atoms with Gasteiger partial charge in [0.25, 0.3) is 0 Å². The average Bonchev–Trinajstić information content (AvgIpc) is 2.64. The summed E-state index contributed by atoms with van der Waals surface area (Å²) in [5.74, 6) is 0.972. The van der Waals surface area contributed by atoms with Gasteiger partial charge in [0.1, 0.15) is 5.78 Å². The third-order valence-electron chi connectivity index (χ3n) is 2.78. The van der Waals surface area contributed by atoms with E-state index in [-0.39, 0.29) is 5.92 Å². The fourth-order valence-corrected chi connectivity index (χ4v) is 1.94. The molecule has 0 spiro atoms. The smallest absolute Gasteiger partial charge is 0.136 e. The summed E-state index contributed by atoms with van der Waals surface area (Å²) in [6, 6.07) is 1.96. The number of hydrogen-bond donors (Lipinski definition) is 0. The van der Waals surface area contributed by atoms with E-state index in [1.165, 1.54) is 5.56 Å². The molecule has 1 heterocycles. The number of hydrogen-bond acceptors (Lipinski definition) is 2. The minimum Gasteiger partial charge on any atom is -0.472 e. The lowest BCUT2D eigenvalue weighted by Gasteiger charge is -2.10. The highest BCUT2D eigenvalue weighted by atomic mass is 16.3. The molecule has 1 aromatic rings. The lowest BCUT2D eigenvalue weighted by Crippen LogP contribution is -2.07. The molecular formula is C10H12O2. The van der Waals surface area contributed by atoms with Crippen LogP contribution in [-0.4, -0.2) is 5.78 Å². The molecule has 2 rings (SSSR count). The highest BCUT2D eigenvalue weighted by Gasteiger charge is 2.32. The number of carbonyl (C=O) groups excluding carboxylic acids is 1. The van der Waals surface area contributed by atoms with Crippen LogP contribution in [0.4, 0.5) is 0 Å². The average molecular weight is 164 g/mol. The second-order valence-electron chi connectivity index (χ2n) is 3.46. The molecule has 1 aromatic heterocycles. The number of rotatable bonds is 1. The Bertz CT molecular complexity index is 274. The molecule has 64 valence electrons. The van der Waals surface area contributed by atoms with Gasteiger partial charge in [0.2, 0.25) is 0 Å². The summed E-state index contributed by atoms with van der Waals surface area (Å²) in [4.78, 5) is 11.2. The van der Waals surface area contributed by atoms with Gasteiger partial charge in [0.15, 0.2) is 0 Å². The molecular weight excluding hydrogens is 152 g/mol. The maximum Gasteiger partial charge on any atom is 0.136 e. The standard InChI is InChI=1S/C10H12O2/c1-7-9(2-3-10(7)11)8-4-5-12-6-8/h4-7,9H,2-3H2,1H3. The summed E-state index contributed by atoms with van der Waals surface area (Å²) in [5.41, 5.74) is 1.17. The minimum absolute atomic E-state index is 0.183. The fourth-order valence-electron chi connectivity index (χ4n) is 1.94. The van der Waals surface area contributed by atoms with Gasteiger partial charge in [-0.15, -0.1) is 0 Å². The second-order valence-corrected chi connectivity index (χ2v) is 3.46. The van der Waals surface area contributed by atoms with Crippen LogP contribution in [-0.2, 0) is 4.79 Å². The number of Topliss-reactive ketones (excluding diaryl/α,β-unsaturated/α-hetero) is 1. The van der Waals surface area contributed by atoms with E-state index in [9.17, 15) is 4.79 Å². The van der Waals surface area contributed by atoms with E-state index in [4.69, 9.17) is 4.42 Å². The molecule has 2 heteroatoms. The van der Waals surface area contributed by atoms with Crippen LogP contribution < -0.4 is 0 Å². The van der Waals surface area contributed by atoms with E-state index in [2.05, 4.69) is 0 Å². The summed E-state index contributed by atoms with van der Waals surface area (Å²) in [5, 5.41) is 0. The van der Waals surface area contributed by atoms with Gasteiger partial charge in [-0.1, -0.05) is 6.92 Å². The molecule has 0 amide bonds. The van der Waals surface area contributed by atoms with Crippen LogP contribution in [0.15, 0.2) is 23.0 Å². The van der Waals surface area contributed by atoms with Crippen molar-refractivity contribution in [1.29, 1.82) is 0 Å². The molecule has 0 bridgehead atoms. The normalized spacial score (nSPS) is 29.6. The van der Waals surface area contributed by atoms with Crippen molar-refractivity contribution >= 4 is 5.78 Å². The summed E-state index contributed by atoms with van der Waals surface area (Å²) >= 11 is 0. The van der Waals surface area contributed by atoms with Crippen LogP contribution in [0.3, 0.4) is 0 Å². The van der Waals surface area contributed by atoms with Crippen LogP contribution in [0.5, 0.6) is 0 Å². The van der Waals surface area contributed by atoms with E-state index in [1.807, 2.05) is 13.0 Å². The van der Waals surface area contributed by atoms with Crippen molar-refractivity contribution in [1.82, 2.24) is 0 Å². The van der Waals surface area contributed by atoms with Gasteiger partial charge >= 0.3 is 0 Å². The summed E-state index contributed by atoms with van der Waals surface area (Å²) in [7, 11) is 0. The van der Waals surface area contributed by atoms with Gasteiger partial charge in [-0.25, -0.2) is 0 Å². The summed E-state index contributed by atoms with van der Waals surface area (Å²) < 4.78 is 5.00. The lowest BCUT2D eigenvalue weighted by atomic mass is 9.92. The summed E-state index contributed by atoms with van der Waals surface area (Å²) in [6.07, 6.45) is 5.14. The molecule has 1 saturated carbocycles. The Morgan fingerprint density at radius 1 is 1.58 bits per heavy atom. The van der Waals surface area contributed by atoms with Crippen molar-refractivity contribution < 1.29 is 9.21 Å². The molecule has 1 aliphatic rings. The van der Waals surface area contributed by atoms with E-state index in [0.717, 1.165) is 12.8 Å². The predicted molar refractivity (Wildman–Crippen MR) is 44.9 cm³/mol. The van der Waals surface area contributed by atoms with Crippen LogP contribution in [0.25, 0.3) is 0 Å². The maximum absolute atomic E-state index is 11.2. The zero-order valence-corrected chi connectivity index (χ0v) is 7.12. The van der Waals surface area contributed by atoms with Gasteiger partial charge in [0.05, 0.1) is 12.5 Å². The van der Waals surface area contributed by atoms with E-state index >= 15 is 0 Å². The molecule has 0 N–H and O–H groups in total. The quantitative estimate of drug-likeness (QED) is 0.637. The van der Waals surface area contributed by atoms with Gasteiger partial charge < -0.3 is 4.42 Å². The molecule has 1 fully saturated rings. The SMILES string of the molecule is CC1C(=O)CCC1c1ccoc1. The number of ketones is 1. The van der Waals surface area contributed by atoms with Gasteiger partial charge in [-0.05, 0) is 24.0 Å². The zero-order chi connectivity index (χ0) is 8.55. The molecule has 0 aliphatic heterocycles. The topological polar surface area (TPSA) is 30.2 Å². The van der Waals surface area contributed by atoms with Crippen molar-refractivity contribution in [3.05, 3.63) is 24.2 Å². The Morgan fingerprint density at radius 3 is 2.92 bits per heavy atom. The largest absolute Gasteiger partial charge is 0.472 e. The first-order valence-corrected chi connectivity index (χ1v) is 4.34. The first-order valence-electron chi connectivity index (χ1n) is 4.34. The van der Waals surface area contributed by atoms with Crippen molar-refractivity contribution in [3.8, 4) is 0 Å².